The van der Waals surface area contributed by atoms with Crippen molar-refractivity contribution in [2.24, 2.45) is 0 Å². The zero-order valence-corrected chi connectivity index (χ0v) is 10.5. The van der Waals surface area contributed by atoms with E-state index >= 15 is 0 Å². The molecule has 1 fully saturated rings. The summed E-state index contributed by atoms with van der Waals surface area (Å²) in [5, 5.41) is 7.66. The molecule has 0 atom stereocenters. The molecule has 2 rings (SSSR count). The number of nitrogens with one attached hydrogen (secondary N) is 2. The summed E-state index contributed by atoms with van der Waals surface area (Å²) in [4.78, 5) is 26.7. The minimum Gasteiger partial charge on any atom is -0.335 e. The summed E-state index contributed by atoms with van der Waals surface area (Å²) in [6.07, 6.45) is 4.45. The number of Topliss-reactive ketones (excluding diaryl/α,β-unsaturated/α-hetero) is 1. The summed E-state index contributed by atoms with van der Waals surface area (Å²) in [7, 11) is 0. The van der Waals surface area contributed by atoms with Gasteiger partial charge in [-0.05, 0) is 12.8 Å². The second kappa shape index (κ2) is 5.27. The highest BCUT2D eigenvalue weighted by molar-refractivity contribution is 7.14. The van der Waals surface area contributed by atoms with Crippen molar-refractivity contribution < 1.29 is 9.59 Å². The lowest BCUT2D eigenvalue weighted by molar-refractivity contribution is 0.101. The van der Waals surface area contributed by atoms with Gasteiger partial charge in [-0.3, -0.25) is 10.1 Å². The van der Waals surface area contributed by atoms with Gasteiger partial charge in [0.15, 0.2) is 10.9 Å². The van der Waals surface area contributed by atoms with Gasteiger partial charge in [0.2, 0.25) is 0 Å². The van der Waals surface area contributed by atoms with E-state index in [-0.39, 0.29) is 17.9 Å². The Morgan fingerprint density at radius 3 is 2.71 bits per heavy atom. The molecule has 0 saturated heterocycles. The molecular weight excluding hydrogens is 238 g/mol. The zero-order valence-electron chi connectivity index (χ0n) is 9.66. The SMILES string of the molecule is CC(=O)c1csc(NC(=O)NC2CCCC2)n1. The molecule has 2 N–H and O–H groups in total. The molecular formula is C11H15N3O2S. The Kier molecular flexibility index (Phi) is 3.73. The molecule has 0 radical (unpaired) electrons. The third kappa shape index (κ3) is 3.26. The van der Waals surface area contributed by atoms with Crippen LogP contribution in [0.2, 0.25) is 0 Å². The van der Waals surface area contributed by atoms with Crippen LogP contribution in [0.15, 0.2) is 5.38 Å². The van der Waals surface area contributed by atoms with E-state index in [1.807, 2.05) is 0 Å². The molecule has 1 aromatic rings. The molecule has 5 nitrogen and oxygen atoms in total. The van der Waals surface area contributed by atoms with E-state index in [4.69, 9.17) is 0 Å². The van der Waals surface area contributed by atoms with Gasteiger partial charge in [-0.2, -0.15) is 0 Å². The molecule has 0 aromatic carbocycles. The molecule has 2 amide bonds. The largest absolute Gasteiger partial charge is 0.335 e. The first-order chi connectivity index (χ1) is 8.15. The van der Waals surface area contributed by atoms with Crippen molar-refractivity contribution in [2.75, 3.05) is 5.32 Å². The van der Waals surface area contributed by atoms with E-state index in [1.165, 1.54) is 31.1 Å². The maximum absolute atomic E-state index is 11.6. The first kappa shape index (κ1) is 12.0. The standard InChI is InChI=1S/C11H15N3O2S/c1-7(15)9-6-17-11(13-9)14-10(16)12-8-4-2-3-5-8/h6,8H,2-5H2,1H3,(H2,12,13,14,16). The fourth-order valence-corrected chi connectivity index (χ4v) is 2.63. The lowest BCUT2D eigenvalue weighted by Gasteiger charge is -2.11. The number of urea groups is 1. The van der Waals surface area contributed by atoms with Crippen molar-refractivity contribution in [1.29, 1.82) is 0 Å². The number of hydrogen-bond donors (Lipinski definition) is 2. The molecule has 1 aliphatic carbocycles. The lowest BCUT2D eigenvalue weighted by atomic mass is 10.3. The Hall–Kier alpha value is -1.43. The summed E-state index contributed by atoms with van der Waals surface area (Å²) in [5.74, 6) is -0.0921. The van der Waals surface area contributed by atoms with Crippen LogP contribution >= 0.6 is 11.3 Å². The second-order valence-electron chi connectivity index (χ2n) is 4.17. The first-order valence-corrected chi connectivity index (χ1v) is 6.57. The zero-order chi connectivity index (χ0) is 12.3. The van der Waals surface area contributed by atoms with Gasteiger partial charge in [0.1, 0.15) is 5.69 Å². The van der Waals surface area contributed by atoms with Crippen molar-refractivity contribution >= 4 is 28.3 Å². The average molecular weight is 253 g/mol. The number of anilines is 1. The Morgan fingerprint density at radius 2 is 2.12 bits per heavy atom. The van der Waals surface area contributed by atoms with Crippen LogP contribution in [-0.4, -0.2) is 22.8 Å². The highest BCUT2D eigenvalue weighted by Gasteiger charge is 2.17. The molecule has 6 heteroatoms. The Balaban J connectivity index is 1.86. The Morgan fingerprint density at radius 1 is 1.41 bits per heavy atom. The van der Waals surface area contributed by atoms with Crippen LogP contribution in [0.5, 0.6) is 0 Å². The van der Waals surface area contributed by atoms with Gasteiger partial charge in [0.25, 0.3) is 0 Å². The fraction of sp³-hybridized carbons (Fsp3) is 0.545. The van der Waals surface area contributed by atoms with Crippen LogP contribution in [0.3, 0.4) is 0 Å². The summed E-state index contributed by atoms with van der Waals surface area (Å²) in [6, 6.07) is 0.0450. The number of aromatic nitrogens is 1. The number of hydrogen-bond acceptors (Lipinski definition) is 4. The molecule has 17 heavy (non-hydrogen) atoms. The number of rotatable bonds is 3. The number of amides is 2. The number of carbonyl (C=O) groups is 2. The van der Waals surface area contributed by atoms with Gasteiger partial charge in [0, 0.05) is 18.3 Å². The van der Waals surface area contributed by atoms with E-state index in [2.05, 4.69) is 15.6 Å². The first-order valence-electron chi connectivity index (χ1n) is 5.69. The molecule has 92 valence electrons. The van der Waals surface area contributed by atoms with Crippen LogP contribution in [0.1, 0.15) is 43.1 Å². The number of ketones is 1. The Labute approximate surface area is 104 Å². The third-order valence-corrected chi connectivity index (χ3v) is 3.53. The maximum atomic E-state index is 11.6. The van der Waals surface area contributed by atoms with E-state index in [1.54, 1.807) is 5.38 Å². The average Bonchev–Trinajstić information content (AvgIpc) is 2.88. The van der Waals surface area contributed by atoms with E-state index in [0.29, 0.717) is 10.8 Å². The predicted molar refractivity (Wildman–Crippen MR) is 66.5 cm³/mol. The Bertz CT molecular complexity index is 424. The van der Waals surface area contributed by atoms with E-state index < -0.39 is 0 Å². The van der Waals surface area contributed by atoms with Gasteiger partial charge < -0.3 is 5.32 Å². The van der Waals surface area contributed by atoms with Gasteiger partial charge in [0.05, 0.1) is 0 Å². The monoisotopic (exact) mass is 253 g/mol. The highest BCUT2D eigenvalue weighted by atomic mass is 32.1. The number of thiazole rings is 1. The van der Waals surface area contributed by atoms with Gasteiger partial charge in [-0.1, -0.05) is 12.8 Å². The highest BCUT2D eigenvalue weighted by Crippen LogP contribution is 2.19. The molecule has 0 unspecified atom stereocenters. The molecule has 0 aliphatic heterocycles. The van der Waals surface area contributed by atoms with Crippen molar-refractivity contribution in [3.05, 3.63) is 11.1 Å². The van der Waals surface area contributed by atoms with Crippen LogP contribution < -0.4 is 10.6 Å². The number of carbonyl (C=O) groups excluding carboxylic acids is 2. The summed E-state index contributed by atoms with van der Waals surface area (Å²) < 4.78 is 0. The summed E-state index contributed by atoms with van der Waals surface area (Å²) in [5.41, 5.74) is 0.395. The van der Waals surface area contributed by atoms with Gasteiger partial charge >= 0.3 is 6.03 Å². The van der Waals surface area contributed by atoms with Crippen molar-refractivity contribution in [2.45, 2.75) is 38.6 Å². The van der Waals surface area contributed by atoms with Crippen LogP contribution in [0.25, 0.3) is 0 Å². The van der Waals surface area contributed by atoms with Crippen LogP contribution in [-0.2, 0) is 0 Å². The smallest absolute Gasteiger partial charge is 0.321 e. The summed E-state index contributed by atoms with van der Waals surface area (Å²) >= 11 is 1.26. The van der Waals surface area contributed by atoms with Crippen LogP contribution in [0.4, 0.5) is 9.93 Å². The van der Waals surface area contributed by atoms with Gasteiger partial charge in [-0.25, -0.2) is 9.78 Å². The van der Waals surface area contributed by atoms with Crippen molar-refractivity contribution in [3.63, 3.8) is 0 Å². The molecule has 1 saturated carbocycles. The molecule has 1 aliphatic rings. The molecule has 0 bridgehead atoms. The van der Waals surface area contributed by atoms with Crippen LogP contribution in [0, 0.1) is 0 Å². The topological polar surface area (TPSA) is 71.1 Å². The lowest BCUT2D eigenvalue weighted by Crippen LogP contribution is -2.36. The molecule has 1 heterocycles. The number of nitrogens with zero attached hydrogens (tertiary/aromatic N) is 1. The second-order valence-corrected chi connectivity index (χ2v) is 5.03. The fourth-order valence-electron chi connectivity index (χ4n) is 1.88. The van der Waals surface area contributed by atoms with E-state index in [9.17, 15) is 9.59 Å². The van der Waals surface area contributed by atoms with E-state index in [0.717, 1.165) is 12.8 Å². The normalized spacial score (nSPS) is 15.8. The summed E-state index contributed by atoms with van der Waals surface area (Å²) in [6.45, 7) is 1.46. The predicted octanol–water partition coefficient (Wildman–Crippen LogP) is 2.41. The van der Waals surface area contributed by atoms with Crippen molar-refractivity contribution in [3.8, 4) is 0 Å². The van der Waals surface area contributed by atoms with Crippen molar-refractivity contribution in [1.82, 2.24) is 10.3 Å². The maximum Gasteiger partial charge on any atom is 0.321 e. The quantitative estimate of drug-likeness (QED) is 0.813. The minimum absolute atomic E-state index is 0.0921. The third-order valence-electron chi connectivity index (χ3n) is 2.78. The molecule has 1 aromatic heterocycles. The van der Waals surface area contributed by atoms with Gasteiger partial charge in [-0.15, -0.1) is 11.3 Å². The molecule has 0 spiro atoms. The minimum atomic E-state index is -0.235.